The van der Waals surface area contributed by atoms with Crippen LogP contribution in [0.15, 0.2) is 0 Å². The number of carbonyl (C=O) groups is 5. The van der Waals surface area contributed by atoms with Gasteiger partial charge in [-0.25, -0.2) is 4.79 Å². The van der Waals surface area contributed by atoms with Crippen LogP contribution in [-0.2, 0) is 24.0 Å². The van der Waals surface area contributed by atoms with E-state index in [0.29, 0.717) is 0 Å². The molecule has 12 nitrogen and oxygen atoms in total. The Bertz CT molecular complexity index is 579. The van der Waals surface area contributed by atoms with Crippen LogP contribution < -0.4 is 27.4 Å². The highest BCUT2D eigenvalue weighted by molar-refractivity contribution is 5.94. The van der Waals surface area contributed by atoms with Crippen LogP contribution in [0.3, 0.4) is 0 Å². The Morgan fingerprint density at radius 1 is 0.963 bits per heavy atom. The van der Waals surface area contributed by atoms with Crippen molar-refractivity contribution in [1.29, 1.82) is 0 Å². The van der Waals surface area contributed by atoms with E-state index < -0.39 is 66.8 Å². The highest BCUT2D eigenvalue weighted by atomic mass is 16.4. The molecule has 0 saturated heterocycles. The van der Waals surface area contributed by atoms with Crippen LogP contribution in [0.4, 0.5) is 0 Å². The van der Waals surface area contributed by atoms with Gasteiger partial charge in [-0.3, -0.25) is 19.2 Å². The standard InChI is InChI=1S/C15H27N5O7/c1-6(2)11(20-13(24)8(16)4-9(17)22)14(25)18-5-10(23)19-12(7(3)21)15(26)27/h6-8,11-12,21H,4-5,16H2,1-3H3,(H2,17,22)(H,18,25)(H,19,23)(H,20,24)(H,26,27). The van der Waals surface area contributed by atoms with Crippen LogP contribution in [-0.4, -0.2) is 70.6 Å². The number of amides is 4. The Labute approximate surface area is 156 Å². The van der Waals surface area contributed by atoms with Gasteiger partial charge in [0.15, 0.2) is 6.04 Å². The topological polar surface area (TPSA) is 214 Å². The molecule has 0 fully saturated rings. The van der Waals surface area contributed by atoms with Crippen LogP contribution in [0, 0.1) is 5.92 Å². The number of rotatable bonds is 11. The normalized spacial score (nSPS) is 15.2. The molecule has 0 aromatic rings. The first-order chi connectivity index (χ1) is 12.4. The zero-order valence-corrected chi connectivity index (χ0v) is 15.4. The van der Waals surface area contributed by atoms with Gasteiger partial charge in [0.25, 0.3) is 0 Å². The Hall–Kier alpha value is -2.73. The van der Waals surface area contributed by atoms with Crippen LogP contribution >= 0.6 is 0 Å². The van der Waals surface area contributed by atoms with Gasteiger partial charge in [0.2, 0.25) is 23.6 Å². The second kappa shape index (κ2) is 11.1. The SMILES string of the molecule is CC(C)C(NC(=O)C(N)CC(N)=O)C(=O)NCC(=O)NC(C(=O)O)C(C)O. The Kier molecular flexibility index (Phi) is 9.96. The van der Waals surface area contributed by atoms with Gasteiger partial charge in [-0.1, -0.05) is 13.8 Å². The van der Waals surface area contributed by atoms with Gasteiger partial charge in [-0.05, 0) is 12.8 Å². The summed E-state index contributed by atoms with van der Waals surface area (Å²) in [5, 5.41) is 24.9. The molecule has 27 heavy (non-hydrogen) atoms. The minimum atomic E-state index is -1.53. The number of hydrogen-bond acceptors (Lipinski definition) is 7. The van der Waals surface area contributed by atoms with E-state index in [1.54, 1.807) is 13.8 Å². The number of carboxylic acid groups (broad SMARTS) is 1. The van der Waals surface area contributed by atoms with E-state index in [1.165, 1.54) is 6.92 Å². The molecule has 154 valence electrons. The monoisotopic (exact) mass is 389 g/mol. The van der Waals surface area contributed by atoms with Gasteiger partial charge in [0.05, 0.1) is 25.1 Å². The van der Waals surface area contributed by atoms with Crippen LogP contribution in [0.25, 0.3) is 0 Å². The van der Waals surface area contributed by atoms with Gasteiger partial charge >= 0.3 is 5.97 Å². The second-order valence-electron chi connectivity index (χ2n) is 6.35. The maximum Gasteiger partial charge on any atom is 0.328 e. The first-order valence-corrected chi connectivity index (χ1v) is 8.19. The minimum absolute atomic E-state index is 0.373. The van der Waals surface area contributed by atoms with E-state index in [0.717, 1.165) is 0 Å². The lowest BCUT2D eigenvalue weighted by Gasteiger charge is -2.23. The van der Waals surface area contributed by atoms with Crippen LogP contribution in [0.2, 0.25) is 0 Å². The van der Waals surface area contributed by atoms with Crippen molar-refractivity contribution in [2.75, 3.05) is 6.54 Å². The predicted molar refractivity (Wildman–Crippen MR) is 92.8 cm³/mol. The zero-order chi connectivity index (χ0) is 21.3. The molecular formula is C15H27N5O7. The van der Waals surface area contributed by atoms with Crippen molar-refractivity contribution in [3.63, 3.8) is 0 Å². The highest BCUT2D eigenvalue weighted by Gasteiger charge is 2.28. The minimum Gasteiger partial charge on any atom is -0.480 e. The average molecular weight is 389 g/mol. The summed E-state index contributed by atoms with van der Waals surface area (Å²) in [7, 11) is 0. The summed E-state index contributed by atoms with van der Waals surface area (Å²) in [5.41, 5.74) is 10.5. The summed E-state index contributed by atoms with van der Waals surface area (Å²) in [4.78, 5) is 57.6. The van der Waals surface area contributed by atoms with E-state index in [-0.39, 0.29) is 5.92 Å². The van der Waals surface area contributed by atoms with Gasteiger partial charge in [0, 0.05) is 0 Å². The lowest BCUT2D eigenvalue weighted by atomic mass is 10.0. The van der Waals surface area contributed by atoms with Crippen molar-refractivity contribution in [3.8, 4) is 0 Å². The summed E-state index contributed by atoms with van der Waals surface area (Å²) in [6.45, 7) is 3.90. The van der Waals surface area contributed by atoms with E-state index in [1.807, 2.05) is 0 Å². The van der Waals surface area contributed by atoms with E-state index in [9.17, 15) is 29.1 Å². The number of carboxylic acids is 1. The summed E-state index contributed by atoms with van der Waals surface area (Å²) in [5.74, 6) is -4.87. The molecule has 0 saturated carbocycles. The van der Waals surface area contributed by atoms with Crippen molar-refractivity contribution < 1.29 is 34.2 Å². The first-order valence-electron chi connectivity index (χ1n) is 8.19. The third-order valence-corrected chi connectivity index (χ3v) is 3.49. The number of aliphatic hydroxyl groups excluding tert-OH is 1. The van der Waals surface area contributed by atoms with Crippen molar-refractivity contribution in [2.24, 2.45) is 17.4 Å². The van der Waals surface area contributed by atoms with Crippen LogP contribution in [0.1, 0.15) is 27.2 Å². The lowest BCUT2D eigenvalue weighted by molar-refractivity contribution is -0.144. The lowest BCUT2D eigenvalue weighted by Crippen LogP contribution is -2.56. The second-order valence-corrected chi connectivity index (χ2v) is 6.35. The van der Waals surface area contributed by atoms with Crippen molar-refractivity contribution >= 4 is 29.6 Å². The summed E-state index contributed by atoms with van der Waals surface area (Å²) < 4.78 is 0. The van der Waals surface area contributed by atoms with E-state index in [2.05, 4.69) is 16.0 Å². The van der Waals surface area contributed by atoms with E-state index in [4.69, 9.17) is 16.6 Å². The van der Waals surface area contributed by atoms with Crippen molar-refractivity contribution in [2.45, 2.75) is 51.4 Å². The fourth-order valence-corrected chi connectivity index (χ4v) is 2.00. The smallest absolute Gasteiger partial charge is 0.328 e. The molecule has 9 N–H and O–H groups in total. The number of aliphatic carboxylic acids is 1. The van der Waals surface area contributed by atoms with Crippen LogP contribution in [0.5, 0.6) is 0 Å². The average Bonchev–Trinajstić information content (AvgIpc) is 2.53. The molecule has 0 rings (SSSR count). The molecule has 0 aliphatic heterocycles. The van der Waals surface area contributed by atoms with Gasteiger partial charge in [-0.2, -0.15) is 0 Å². The molecule has 0 aromatic carbocycles. The maximum atomic E-state index is 12.2. The molecule has 12 heteroatoms. The Balaban J connectivity index is 4.77. The maximum absolute atomic E-state index is 12.2. The summed E-state index contributed by atoms with van der Waals surface area (Å²) >= 11 is 0. The number of primary amides is 1. The molecule has 0 aromatic heterocycles. The first kappa shape index (κ1) is 24.3. The Morgan fingerprint density at radius 2 is 1.52 bits per heavy atom. The van der Waals surface area contributed by atoms with Gasteiger partial charge < -0.3 is 37.6 Å². The zero-order valence-electron chi connectivity index (χ0n) is 15.4. The largest absolute Gasteiger partial charge is 0.480 e. The molecule has 4 atom stereocenters. The third-order valence-electron chi connectivity index (χ3n) is 3.49. The number of nitrogens with two attached hydrogens (primary N) is 2. The molecule has 0 aliphatic rings. The number of nitrogens with one attached hydrogen (secondary N) is 3. The molecule has 0 heterocycles. The fourth-order valence-electron chi connectivity index (χ4n) is 2.00. The fraction of sp³-hybridized carbons (Fsp3) is 0.667. The molecule has 4 amide bonds. The predicted octanol–water partition coefficient (Wildman–Crippen LogP) is -3.60. The van der Waals surface area contributed by atoms with Gasteiger partial charge in [0.1, 0.15) is 6.04 Å². The molecule has 0 radical (unpaired) electrons. The molecule has 0 bridgehead atoms. The quantitative estimate of drug-likeness (QED) is 0.187. The summed E-state index contributed by atoms with van der Waals surface area (Å²) in [6, 6.07) is -3.79. The number of aliphatic hydroxyl groups is 1. The highest BCUT2D eigenvalue weighted by Crippen LogP contribution is 2.03. The molecule has 4 unspecified atom stereocenters. The van der Waals surface area contributed by atoms with E-state index >= 15 is 0 Å². The molecular weight excluding hydrogens is 362 g/mol. The van der Waals surface area contributed by atoms with Crippen molar-refractivity contribution in [3.05, 3.63) is 0 Å². The molecule has 0 spiro atoms. The third kappa shape index (κ3) is 8.96. The van der Waals surface area contributed by atoms with Gasteiger partial charge in [-0.15, -0.1) is 0 Å². The number of hydrogen-bond donors (Lipinski definition) is 7. The summed E-state index contributed by atoms with van der Waals surface area (Å²) in [6.07, 6.45) is -1.73. The van der Waals surface area contributed by atoms with Crippen molar-refractivity contribution in [1.82, 2.24) is 16.0 Å². The molecule has 0 aliphatic carbocycles. The Morgan fingerprint density at radius 3 is 1.93 bits per heavy atom. The number of carbonyl (C=O) groups excluding carboxylic acids is 4.